The number of phenols is 1. The van der Waals surface area contributed by atoms with Crippen LogP contribution in [0.4, 0.5) is 5.69 Å². The maximum absolute atomic E-state index is 13.5. The van der Waals surface area contributed by atoms with Crippen LogP contribution in [-0.2, 0) is 4.79 Å². The van der Waals surface area contributed by atoms with Crippen LogP contribution >= 0.6 is 0 Å². The smallest absolute Gasteiger partial charge is 0.187 e. The first kappa shape index (κ1) is 30.1. The fourth-order valence-corrected chi connectivity index (χ4v) is 7.12. The van der Waals surface area contributed by atoms with Gasteiger partial charge in [0, 0.05) is 34.2 Å². The van der Waals surface area contributed by atoms with Gasteiger partial charge in [-0.15, -0.1) is 0 Å². The number of furan rings is 1. The third kappa shape index (κ3) is 5.38. The maximum Gasteiger partial charge on any atom is 0.187 e. The number of hydrogen-bond acceptors (Lipinski definition) is 5. The number of allylic oxidation sites excluding steroid dienone is 4. The van der Waals surface area contributed by atoms with E-state index >= 15 is 0 Å². The summed E-state index contributed by atoms with van der Waals surface area (Å²) in [7, 11) is 0. The molecule has 1 heterocycles. The Morgan fingerprint density at radius 3 is 1.94 bits per heavy atom. The molecular formula is C46H30N2O3. The first-order valence-electron chi connectivity index (χ1n) is 16.8. The molecule has 2 N–H and O–H groups in total. The summed E-state index contributed by atoms with van der Waals surface area (Å²) in [5.74, 6) is 0.164. The third-order valence-electron chi connectivity index (χ3n) is 9.48. The SMILES string of the molecule is O=C1C=Cc2ccccc2/C1=C1/C(=N/C=c2\cc/c(=C\Nc3ccc4ccccc4c3-c3c(O)ccc4ccccc34)o2)C=Cc2ccccc21. The minimum Gasteiger partial charge on any atom is -0.507 e. The number of fused-ring (bicyclic) bond motifs is 4. The Bertz CT molecular complexity index is 2810. The van der Waals surface area contributed by atoms with Gasteiger partial charge in [0.2, 0.25) is 0 Å². The number of anilines is 1. The van der Waals surface area contributed by atoms with Crippen molar-refractivity contribution >= 4 is 74.4 Å². The molecule has 2 aliphatic rings. The predicted molar refractivity (Wildman–Crippen MR) is 209 cm³/mol. The summed E-state index contributed by atoms with van der Waals surface area (Å²) in [5.41, 5.74) is 9.67. The zero-order valence-electron chi connectivity index (χ0n) is 27.4. The number of hydrogen-bond donors (Lipinski definition) is 2. The van der Waals surface area contributed by atoms with Gasteiger partial charge in [-0.05, 0) is 80.2 Å². The van der Waals surface area contributed by atoms with Crippen LogP contribution in [0.3, 0.4) is 0 Å². The molecule has 0 saturated heterocycles. The average Bonchev–Trinajstić information content (AvgIpc) is 3.64. The first-order chi connectivity index (χ1) is 25.1. The largest absolute Gasteiger partial charge is 0.507 e. The van der Waals surface area contributed by atoms with Crippen LogP contribution in [0.5, 0.6) is 5.75 Å². The van der Waals surface area contributed by atoms with Gasteiger partial charge in [0.15, 0.2) is 5.78 Å². The molecule has 9 rings (SSSR count). The van der Waals surface area contributed by atoms with Crippen molar-refractivity contribution in [3.05, 3.63) is 179 Å². The van der Waals surface area contributed by atoms with Crippen LogP contribution < -0.4 is 16.1 Å². The lowest BCUT2D eigenvalue weighted by Gasteiger charge is -2.22. The highest BCUT2D eigenvalue weighted by Crippen LogP contribution is 2.44. The number of ketones is 1. The second kappa shape index (κ2) is 12.5. The van der Waals surface area contributed by atoms with Crippen molar-refractivity contribution in [2.24, 2.45) is 4.99 Å². The summed E-state index contributed by atoms with van der Waals surface area (Å²) in [6.45, 7) is 0. The molecule has 0 unspecified atom stereocenters. The number of phenolic OH excluding ortho intramolecular Hbond substituents is 1. The summed E-state index contributed by atoms with van der Waals surface area (Å²) in [4.78, 5) is 18.4. The average molecular weight is 659 g/mol. The van der Waals surface area contributed by atoms with E-state index in [-0.39, 0.29) is 11.5 Å². The Labute approximate surface area is 293 Å². The van der Waals surface area contributed by atoms with Gasteiger partial charge >= 0.3 is 0 Å². The molecule has 242 valence electrons. The lowest BCUT2D eigenvalue weighted by Crippen LogP contribution is -2.14. The third-order valence-corrected chi connectivity index (χ3v) is 9.48. The lowest BCUT2D eigenvalue weighted by molar-refractivity contribution is -0.109. The van der Waals surface area contributed by atoms with E-state index in [4.69, 9.17) is 9.41 Å². The fourth-order valence-electron chi connectivity index (χ4n) is 7.12. The van der Waals surface area contributed by atoms with Crippen molar-refractivity contribution in [3.63, 3.8) is 0 Å². The van der Waals surface area contributed by atoms with Gasteiger partial charge in [0.05, 0.1) is 11.9 Å². The molecule has 6 aromatic carbocycles. The van der Waals surface area contributed by atoms with Crippen LogP contribution in [-0.4, -0.2) is 16.6 Å². The highest BCUT2D eigenvalue weighted by Gasteiger charge is 2.27. The number of aliphatic imine (C=N–C) groups is 1. The number of carbonyl (C=O) groups excluding carboxylic acids is 1. The zero-order chi connectivity index (χ0) is 34.3. The van der Waals surface area contributed by atoms with Gasteiger partial charge in [-0.3, -0.25) is 9.79 Å². The molecule has 5 heteroatoms. The van der Waals surface area contributed by atoms with Gasteiger partial charge in [-0.2, -0.15) is 0 Å². The summed E-state index contributed by atoms with van der Waals surface area (Å²) in [6, 6.07) is 43.8. The number of nitrogens with one attached hydrogen (secondary N) is 1. The zero-order valence-corrected chi connectivity index (χ0v) is 27.4. The van der Waals surface area contributed by atoms with Crippen molar-refractivity contribution in [1.29, 1.82) is 0 Å². The highest BCUT2D eigenvalue weighted by molar-refractivity contribution is 6.48. The van der Waals surface area contributed by atoms with Crippen LogP contribution in [0, 0.1) is 0 Å². The van der Waals surface area contributed by atoms with Crippen LogP contribution in [0.25, 0.3) is 68.4 Å². The topological polar surface area (TPSA) is 74.8 Å². The predicted octanol–water partition coefficient (Wildman–Crippen LogP) is 9.22. The molecule has 0 spiro atoms. The van der Waals surface area contributed by atoms with Gasteiger partial charge in [0.1, 0.15) is 16.6 Å². The van der Waals surface area contributed by atoms with Crippen LogP contribution in [0.1, 0.15) is 22.3 Å². The lowest BCUT2D eigenvalue weighted by atomic mass is 9.81. The van der Waals surface area contributed by atoms with E-state index in [1.165, 1.54) is 0 Å². The van der Waals surface area contributed by atoms with Crippen LogP contribution in [0.15, 0.2) is 155 Å². The number of carbonyl (C=O) groups is 1. The van der Waals surface area contributed by atoms with E-state index in [9.17, 15) is 9.90 Å². The van der Waals surface area contributed by atoms with E-state index in [0.29, 0.717) is 22.1 Å². The molecular weight excluding hydrogens is 629 g/mol. The number of benzene rings is 6. The van der Waals surface area contributed by atoms with Gasteiger partial charge in [0.25, 0.3) is 0 Å². The molecule has 5 nitrogen and oxygen atoms in total. The van der Waals surface area contributed by atoms with Gasteiger partial charge in [-0.1, -0.05) is 121 Å². The molecule has 51 heavy (non-hydrogen) atoms. The molecule has 0 amide bonds. The van der Waals surface area contributed by atoms with Gasteiger partial charge in [-0.25, -0.2) is 0 Å². The quantitative estimate of drug-likeness (QED) is 0.185. The van der Waals surface area contributed by atoms with E-state index in [1.807, 2.05) is 128 Å². The number of rotatable bonds is 4. The summed E-state index contributed by atoms with van der Waals surface area (Å²) in [6.07, 6.45) is 11.0. The Balaban J connectivity index is 1.12. The Kier molecular flexibility index (Phi) is 7.37. The number of aromatic hydroxyl groups is 1. The van der Waals surface area contributed by atoms with Crippen molar-refractivity contribution in [2.45, 2.75) is 0 Å². The van der Waals surface area contributed by atoms with E-state index in [0.717, 1.165) is 66.2 Å². The first-order valence-corrected chi connectivity index (χ1v) is 16.8. The molecule has 1 aromatic heterocycles. The van der Waals surface area contributed by atoms with E-state index in [1.54, 1.807) is 18.3 Å². The van der Waals surface area contributed by atoms with E-state index in [2.05, 4.69) is 29.6 Å². The minimum atomic E-state index is -0.0488. The van der Waals surface area contributed by atoms with Crippen molar-refractivity contribution < 1.29 is 14.3 Å². The number of nitrogens with zero attached hydrogens (tertiary/aromatic N) is 1. The molecule has 0 radical (unpaired) electrons. The normalized spacial score (nSPS) is 16.6. The monoisotopic (exact) mass is 658 g/mol. The minimum absolute atomic E-state index is 0.0488. The Morgan fingerprint density at radius 2 is 1.18 bits per heavy atom. The summed E-state index contributed by atoms with van der Waals surface area (Å²) < 4.78 is 6.20. The molecule has 0 fully saturated rings. The molecule has 0 saturated carbocycles. The van der Waals surface area contributed by atoms with Crippen molar-refractivity contribution in [3.8, 4) is 16.9 Å². The molecule has 0 aliphatic heterocycles. The molecule has 7 aromatic rings. The maximum atomic E-state index is 13.5. The van der Waals surface area contributed by atoms with Gasteiger partial charge < -0.3 is 14.8 Å². The highest BCUT2D eigenvalue weighted by atomic mass is 16.3. The van der Waals surface area contributed by atoms with Crippen LogP contribution in [0.2, 0.25) is 0 Å². The summed E-state index contributed by atoms with van der Waals surface area (Å²) >= 11 is 0. The molecule has 0 bridgehead atoms. The Hall–Kier alpha value is -6.98. The summed E-state index contributed by atoms with van der Waals surface area (Å²) in [5, 5.41) is 18.8. The van der Waals surface area contributed by atoms with Crippen molar-refractivity contribution in [1.82, 2.24) is 0 Å². The van der Waals surface area contributed by atoms with Crippen molar-refractivity contribution in [2.75, 3.05) is 5.32 Å². The standard InChI is InChI=1S/C46H30N2O3/c49-41-25-19-31-11-3-7-15-37(31)45(41)43-35-13-5-1-9-29(35)17-23-39(43)47-27-33-21-22-34(51-33)28-48-40-24-18-30-10-2-6-14-36(30)44(40)46-38-16-8-4-12-32(38)20-26-42(46)50/h1-28,47,49H/b33-27+,34-28+,46-44-,48-40+. The fraction of sp³-hybridized carbons (Fsp3) is 0. The van der Waals surface area contributed by atoms with E-state index < -0.39 is 0 Å². The molecule has 2 aliphatic carbocycles. The Morgan fingerprint density at radius 1 is 0.569 bits per heavy atom. The second-order valence-electron chi connectivity index (χ2n) is 12.5. The second-order valence-corrected chi connectivity index (χ2v) is 12.5. The molecule has 0 atom stereocenters.